The highest BCUT2D eigenvalue weighted by molar-refractivity contribution is 7.92. The quantitative estimate of drug-likeness (QED) is 0.714. The average Bonchev–Trinajstić information content (AvgIpc) is 2.54. The van der Waals surface area contributed by atoms with Crippen LogP contribution in [0.2, 0.25) is 10.0 Å². The van der Waals surface area contributed by atoms with Crippen molar-refractivity contribution < 1.29 is 23.1 Å². The number of hydrogen-bond acceptors (Lipinski definition) is 5. The van der Waals surface area contributed by atoms with Gasteiger partial charge in [-0.15, -0.1) is 0 Å². The van der Waals surface area contributed by atoms with Gasteiger partial charge in [-0.05, 0) is 36.8 Å². The van der Waals surface area contributed by atoms with Gasteiger partial charge in [0.2, 0.25) is 0 Å². The Hall–Kier alpha value is -2.16. The molecule has 0 aromatic heterocycles. The predicted octanol–water partition coefficient (Wildman–Crippen LogP) is 3.99. The first-order valence-corrected chi connectivity index (χ1v) is 9.05. The second-order valence-electron chi connectivity index (χ2n) is 4.93. The number of hydrogen-bond donors (Lipinski definition) is 3. The van der Waals surface area contributed by atoms with E-state index in [1.54, 1.807) is 19.1 Å². The van der Waals surface area contributed by atoms with Crippen molar-refractivity contribution in [3.8, 4) is 5.75 Å². The number of phenolic OH excluding ortho intramolecular Hbond substituents is 1. The first-order chi connectivity index (χ1) is 11.7. The standard InChI is InChI=1S/C15H14Cl2N2O5S/c1-8-11(18-15(21)24-2)4-3-5-12(8)19-25(22,23)13-7-9(16)6-10(17)14(13)20/h3-7,19-20H,1-2H3,(H,18,21). The molecule has 0 saturated carbocycles. The lowest BCUT2D eigenvalue weighted by atomic mass is 10.1. The van der Waals surface area contributed by atoms with Crippen LogP contribution in [0.4, 0.5) is 16.2 Å². The van der Waals surface area contributed by atoms with Crippen LogP contribution in [0.25, 0.3) is 0 Å². The van der Waals surface area contributed by atoms with Crippen molar-refractivity contribution in [2.45, 2.75) is 11.8 Å². The second kappa shape index (κ2) is 7.38. The normalized spacial score (nSPS) is 11.0. The number of sulfonamides is 1. The zero-order valence-corrected chi connectivity index (χ0v) is 15.5. The van der Waals surface area contributed by atoms with Gasteiger partial charge in [0.25, 0.3) is 10.0 Å². The van der Waals surface area contributed by atoms with Gasteiger partial charge < -0.3 is 9.84 Å². The van der Waals surface area contributed by atoms with Crippen LogP contribution in [0.5, 0.6) is 5.75 Å². The van der Waals surface area contributed by atoms with Crippen molar-refractivity contribution in [1.29, 1.82) is 0 Å². The number of benzene rings is 2. The van der Waals surface area contributed by atoms with Crippen molar-refractivity contribution in [1.82, 2.24) is 0 Å². The van der Waals surface area contributed by atoms with Crippen LogP contribution in [-0.4, -0.2) is 26.7 Å². The van der Waals surface area contributed by atoms with Crippen molar-refractivity contribution in [3.63, 3.8) is 0 Å². The van der Waals surface area contributed by atoms with Gasteiger partial charge >= 0.3 is 6.09 Å². The second-order valence-corrected chi connectivity index (χ2v) is 7.43. The summed E-state index contributed by atoms with van der Waals surface area (Å²) in [7, 11) is -2.96. The number of anilines is 2. The zero-order valence-electron chi connectivity index (χ0n) is 13.1. The van der Waals surface area contributed by atoms with E-state index in [1.165, 1.54) is 19.2 Å². The molecule has 0 fully saturated rings. The summed E-state index contributed by atoms with van der Waals surface area (Å²) in [6.07, 6.45) is -0.692. The molecule has 0 aliphatic heterocycles. The van der Waals surface area contributed by atoms with Crippen LogP contribution in [0.15, 0.2) is 35.2 Å². The Balaban J connectivity index is 2.42. The van der Waals surface area contributed by atoms with Gasteiger partial charge in [-0.1, -0.05) is 29.3 Å². The third-order valence-corrected chi connectivity index (χ3v) is 5.17. The summed E-state index contributed by atoms with van der Waals surface area (Å²) in [5.41, 5.74) is 1.01. The lowest BCUT2D eigenvalue weighted by molar-refractivity contribution is 0.187. The molecule has 3 N–H and O–H groups in total. The highest BCUT2D eigenvalue weighted by Crippen LogP contribution is 2.35. The number of halogens is 2. The molecule has 0 spiro atoms. The van der Waals surface area contributed by atoms with Crippen LogP contribution >= 0.6 is 23.2 Å². The van der Waals surface area contributed by atoms with Crippen molar-refractivity contribution in [3.05, 3.63) is 45.9 Å². The molecule has 2 aromatic carbocycles. The van der Waals surface area contributed by atoms with E-state index in [4.69, 9.17) is 23.2 Å². The minimum atomic E-state index is -4.18. The Bertz CT molecular complexity index is 932. The number of rotatable bonds is 4. The first-order valence-electron chi connectivity index (χ1n) is 6.81. The van der Waals surface area contributed by atoms with E-state index in [0.29, 0.717) is 11.3 Å². The maximum absolute atomic E-state index is 12.6. The SMILES string of the molecule is COC(=O)Nc1cccc(NS(=O)(=O)c2cc(Cl)cc(Cl)c2O)c1C. The number of ether oxygens (including phenoxy) is 1. The largest absolute Gasteiger partial charge is 0.505 e. The molecule has 0 saturated heterocycles. The molecule has 2 aromatic rings. The van der Waals surface area contributed by atoms with Crippen molar-refractivity contribution in [2.24, 2.45) is 0 Å². The monoisotopic (exact) mass is 404 g/mol. The van der Waals surface area contributed by atoms with E-state index < -0.39 is 26.8 Å². The number of aromatic hydroxyl groups is 1. The summed E-state index contributed by atoms with van der Waals surface area (Å²) >= 11 is 11.6. The maximum atomic E-state index is 12.6. The van der Waals surface area contributed by atoms with Gasteiger partial charge in [0.1, 0.15) is 4.90 Å². The first kappa shape index (κ1) is 19.2. The molecule has 0 radical (unpaired) electrons. The third kappa shape index (κ3) is 4.28. The minimum Gasteiger partial charge on any atom is -0.505 e. The topological polar surface area (TPSA) is 105 Å². The van der Waals surface area contributed by atoms with Gasteiger partial charge in [-0.3, -0.25) is 10.0 Å². The van der Waals surface area contributed by atoms with E-state index in [9.17, 15) is 18.3 Å². The molecule has 10 heteroatoms. The highest BCUT2D eigenvalue weighted by Gasteiger charge is 2.23. The summed E-state index contributed by atoms with van der Waals surface area (Å²) in [5, 5.41) is 12.3. The molecule has 0 unspecified atom stereocenters. The number of carbonyl (C=O) groups excluding carboxylic acids is 1. The number of phenols is 1. The molecule has 0 heterocycles. The van der Waals surface area contributed by atoms with Gasteiger partial charge in [0, 0.05) is 10.7 Å². The smallest absolute Gasteiger partial charge is 0.411 e. The molecular formula is C15H14Cl2N2O5S. The third-order valence-electron chi connectivity index (χ3n) is 3.28. The highest BCUT2D eigenvalue weighted by atomic mass is 35.5. The summed E-state index contributed by atoms with van der Waals surface area (Å²) in [6.45, 7) is 1.61. The Morgan fingerprint density at radius 1 is 1.20 bits per heavy atom. The van der Waals surface area contributed by atoms with E-state index in [2.05, 4.69) is 14.8 Å². The molecule has 25 heavy (non-hydrogen) atoms. The molecule has 7 nitrogen and oxygen atoms in total. The fourth-order valence-corrected chi connectivity index (χ4v) is 3.87. The van der Waals surface area contributed by atoms with Crippen LogP contribution in [-0.2, 0) is 14.8 Å². The van der Waals surface area contributed by atoms with E-state index in [-0.39, 0.29) is 15.7 Å². The summed E-state index contributed by atoms with van der Waals surface area (Å²) in [5.74, 6) is -0.611. The van der Waals surface area contributed by atoms with Crippen molar-refractivity contribution >= 4 is 50.7 Å². The summed E-state index contributed by atoms with van der Waals surface area (Å²) in [4.78, 5) is 10.9. The molecule has 0 aliphatic rings. The van der Waals surface area contributed by atoms with Crippen LogP contribution < -0.4 is 10.0 Å². The Labute approximate surface area is 154 Å². The van der Waals surface area contributed by atoms with Gasteiger partial charge in [-0.25, -0.2) is 13.2 Å². The summed E-state index contributed by atoms with van der Waals surface area (Å²) in [6, 6.07) is 6.93. The maximum Gasteiger partial charge on any atom is 0.411 e. The van der Waals surface area contributed by atoms with E-state index in [0.717, 1.165) is 6.07 Å². The zero-order chi connectivity index (χ0) is 18.8. The van der Waals surface area contributed by atoms with Crippen molar-refractivity contribution in [2.75, 3.05) is 17.1 Å². The lowest BCUT2D eigenvalue weighted by Gasteiger charge is -2.15. The lowest BCUT2D eigenvalue weighted by Crippen LogP contribution is -2.16. The van der Waals surface area contributed by atoms with Gasteiger partial charge in [0.05, 0.1) is 17.8 Å². The molecule has 2 rings (SSSR count). The Kier molecular flexibility index (Phi) is 5.66. The van der Waals surface area contributed by atoms with Gasteiger partial charge in [0.15, 0.2) is 5.75 Å². The molecule has 0 bridgehead atoms. The number of amides is 1. The van der Waals surface area contributed by atoms with Crippen LogP contribution in [0.1, 0.15) is 5.56 Å². The van der Waals surface area contributed by atoms with Crippen LogP contribution in [0, 0.1) is 6.92 Å². The Morgan fingerprint density at radius 3 is 2.48 bits per heavy atom. The fourth-order valence-electron chi connectivity index (χ4n) is 1.99. The molecular weight excluding hydrogens is 391 g/mol. The van der Waals surface area contributed by atoms with E-state index >= 15 is 0 Å². The number of nitrogens with one attached hydrogen (secondary N) is 2. The minimum absolute atomic E-state index is 0.0565. The van der Waals surface area contributed by atoms with Crippen LogP contribution in [0.3, 0.4) is 0 Å². The molecule has 134 valence electrons. The number of methoxy groups -OCH3 is 1. The average molecular weight is 405 g/mol. The predicted molar refractivity (Wildman–Crippen MR) is 96.1 cm³/mol. The molecule has 0 aliphatic carbocycles. The van der Waals surface area contributed by atoms with Gasteiger partial charge in [-0.2, -0.15) is 0 Å². The summed E-state index contributed by atoms with van der Waals surface area (Å²) < 4.78 is 32.0. The molecule has 0 atom stereocenters. The number of carbonyl (C=O) groups is 1. The van der Waals surface area contributed by atoms with E-state index in [1.807, 2.05) is 0 Å². The molecule has 1 amide bonds. The Morgan fingerprint density at radius 2 is 1.84 bits per heavy atom. The fraction of sp³-hybridized carbons (Fsp3) is 0.133.